The molecule has 0 fully saturated rings. The van der Waals surface area contributed by atoms with Crippen LogP contribution in [0.1, 0.15) is 71.1 Å². The van der Waals surface area contributed by atoms with E-state index in [-0.39, 0.29) is 12.1 Å². The Hall–Kier alpha value is -0.300. The molecule has 0 unspecified atom stereocenters. The summed E-state index contributed by atoms with van der Waals surface area (Å²) in [5, 5.41) is 0. The van der Waals surface area contributed by atoms with E-state index in [0.29, 0.717) is 6.42 Å². The highest BCUT2D eigenvalue weighted by Crippen LogP contribution is 2.10. The molecule has 0 spiro atoms. The van der Waals surface area contributed by atoms with Crippen molar-refractivity contribution in [2.45, 2.75) is 71.1 Å². The zero-order valence-corrected chi connectivity index (χ0v) is 15.1. The summed E-state index contributed by atoms with van der Waals surface area (Å²) in [6.45, 7) is 2.31. The maximum absolute atomic E-state index is 10.2. The fourth-order valence-corrected chi connectivity index (χ4v) is 2.08. The second-order valence-electron chi connectivity index (χ2n) is 4.88. The third-order valence-corrected chi connectivity index (χ3v) is 3.19. The monoisotopic (exact) mass is 382 g/mol. The lowest BCUT2D eigenvalue weighted by molar-refractivity contribution is 0.261. The maximum Gasteiger partial charge on any atom is 0.397 e. The Kier molecular flexibility index (Phi) is 19.8. The summed E-state index contributed by atoms with van der Waals surface area (Å²) in [4.78, 5) is 0. The molecule has 9 nitrogen and oxygen atoms in total. The van der Waals surface area contributed by atoms with E-state index in [2.05, 4.69) is 11.1 Å². The molecule has 144 valence electrons. The van der Waals surface area contributed by atoms with Gasteiger partial charge in [-0.2, -0.15) is 16.8 Å². The van der Waals surface area contributed by atoms with Crippen molar-refractivity contribution in [2.24, 2.45) is 0 Å². The molecule has 0 aromatic rings. The fourth-order valence-electron chi connectivity index (χ4n) is 1.75. The second-order valence-corrected chi connectivity index (χ2v) is 6.87. The average Bonchev–Trinajstić information content (AvgIpc) is 2.32. The topological polar surface area (TPSA) is 170 Å². The van der Waals surface area contributed by atoms with Gasteiger partial charge in [-0.05, 0) is 6.42 Å². The van der Waals surface area contributed by atoms with Crippen LogP contribution < -0.4 is 0 Å². The Balaban J connectivity index is -0.000000578. The van der Waals surface area contributed by atoms with Crippen LogP contribution in [0.5, 0.6) is 0 Å². The van der Waals surface area contributed by atoms with E-state index in [1.165, 1.54) is 44.9 Å². The fraction of sp³-hybridized carbons (Fsp3) is 1.00. The lowest BCUT2D eigenvalue weighted by atomic mass is 10.1. The van der Waals surface area contributed by atoms with Gasteiger partial charge in [0.2, 0.25) is 0 Å². The number of hydrogen-bond acceptors (Lipinski definition) is 5. The summed E-state index contributed by atoms with van der Waals surface area (Å²) in [5.41, 5.74) is 0. The highest BCUT2D eigenvalue weighted by Gasteiger charge is 2.02. The van der Waals surface area contributed by atoms with Gasteiger partial charge in [-0.3, -0.25) is 13.7 Å². The highest BCUT2D eigenvalue weighted by atomic mass is 32.3. The Morgan fingerprint density at radius 2 is 1.00 bits per heavy atom. The van der Waals surface area contributed by atoms with E-state index in [1.807, 2.05) is 0 Å². The minimum absolute atomic E-state index is 0. The standard InChI is InChI=1S/C12H26O4S.H2O4S.H2O/c1-2-3-4-5-6-7-8-9-10-11-12-16-17(13,14)15;1-5(2,3)4;/h2-12H2,1H3,(H,13,14,15);(H2,1,2,3,4);1H2. The van der Waals surface area contributed by atoms with Crippen molar-refractivity contribution in [3.8, 4) is 0 Å². The van der Waals surface area contributed by atoms with Crippen LogP contribution in [0.25, 0.3) is 0 Å². The number of rotatable bonds is 12. The molecule has 11 heteroatoms. The van der Waals surface area contributed by atoms with Gasteiger partial charge < -0.3 is 5.48 Å². The lowest BCUT2D eigenvalue weighted by Gasteiger charge is -2.02. The van der Waals surface area contributed by atoms with Crippen molar-refractivity contribution < 1.29 is 40.2 Å². The van der Waals surface area contributed by atoms with Crippen LogP contribution in [0.3, 0.4) is 0 Å². The van der Waals surface area contributed by atoms with E-state index < -0.39 is 20.8 Å². The molecule has 0 bridgehead atoms. The highest BCUT2D eigenvalue weighted by molar-refractivity contribution is 7.80. The largest absolute Gasteiger partial charge is 0.412 e. The Morgan fingerprint density at radius 1 is 0.696 bits per heavy atom. The van der Waals surface area contributed by atoms with Gasteiger partial charge in [0.05, 0.1) is 6.61 Å². The molecule has 0 aliphatic heterocycles. The van der Waals surface area contributed by atoms with Crippen LogP contribution in [0.4, 0.5) is 0 Å². The first-order valence-corrected chi connectivity index (χ1v) is 10.1. The molecule has 0 atom stereocenters. The van der Waals surface area contributed by atoms with Crippen molar-refractivity contribution in [3.05, 3.63) is 0 Å². The van der Waals surface area contributed by atoms with Gasteiger partial charge in [-0.15, -0.1) is 0 Å². The molecule has 0 aliphatic carbocycles. The van der Waals surface area contributed by atoms with Crippen molar-refractivity contribution in [3.63, 3.8) is 0 Å². The smallest absolute Gasteiger partial charge is 0.397 e. The molecule has 0 aliphatic rings. The van der Waals surface area contributed by atoms with Crippen LogP contribution in [0, 0.1) is 0 Å². The van der Waals surface area contributed by atoms with Crippen molar-refractivity contribution in [1.29, 1.82) is 0 Å². The average molecular weight is 382 g/mol. The number of unbranched alkanes of at least 4 members (excludes halogenated alkanes) is 9. The zero-order chi connectivity index (χ0) is 17.5. The molecule has 0 saturated carbocycles. The first kappa shape index (κ1) is 27.5. The maximum atomic E-state index is 10.2. The Morgan fingerprint density at radius 3 is 1.30 bits per heavy atom. The number of hydrogen-bond donors (Lipinski definition) is 3. The van der Waals surface area contributed by atoms with E-state index in [1.54, 1.807) is 0 Å². The quantitative estimate of drug-likeness (QED) is 0.341. The van der Waals surface area contributed by atoms with E-state index in [0.717, 1.165) is 12.8 Å². The molecule has 0 aromatic carbocycles. The molecule has 0 amide bonds. The molecule has 0 saturated heterocycles. The summed E-state index contributed by atoms with van der Waals surface area (Å²) in [7, 11) is -8.90. The van der Waals surface area contributed by atoms with Crippen molar-refractivity contribution >= 4 is 20.8 Å². The third-order valence-electron chi connectivity index (χ3n) is 2.73. The summed E-state index contributed by atoms with van der Waals surface area (Å²) in [6.07, 6.45) is 11.9. The Bertz CT molecular complexity index is 423. The Labute approximate surface area is 139 Å². The van der Waals surface area contributed by atoms with Gasteiger partial charge in [0.25, 0.3) is 0 Å². The molecule has 0 heterocycles. The van der Waals surface area contributed by atoms with Crippen LogP contribution >= 0.6 is 0 Å². The van der Waals surface area contributed by atoms with Gasteiger partial charge in [0.15, 0.2) is 0 Å². The first-order valence-electron chi connectivity index (χ1n) is 7.38. The van der Waals surface area contributed by atoms with E-state index >= 15 is 0 Å². The van der Waals surface area contributed by atoms with Crippen LogP contribution in [0.2, 0.25) is 0 Å². The summed E-state index contributed by atoms with van der Waals surface area (Å²) >= 11 is 0. The zero-order valence-electron chi connectivity index (χ0n) is 13.5. The minimum atomic E-state index is -4.67. The second kappa shape index (κ2) is 16.6. The molecular weight excluding hydrogens is 352 g/mol. The van der Waals surface area contributed by atoms with Gasteiger partial charge in [0, 0.05) is 0 Å². The molecule has 5 N–H and O–H groups in total. The lowest BCUT2D eigenvalue weighted by Crippen LogP contribution is -2.04. The normalized spacial score (nSPS) is 11.3. The van der Waals surface area contributed by atoms with Gasteiger partial charge in [-0.1, -0.05) is 64.7 Å². The minimum Gasteiger partial charge on any atom is -0.412 e. The predicted molar refractivity (Wildman–Crippen MR) is 87.1 cm³/mol. The van der Waals surface area contributed by atoms with E-state index in [9.17, 15) is 8.42 Å². The van der Waals surface area contributed by atoms with Gasteiger partial charge in [0.1, 0.15) is 0 Å². The van der Waals surface area contributed by atoms with Crippen LogP contribution in [-0.4, -0.2) is 42.6 Å². The SMILES string of the molecule is CCCCCCCCCCCCOS(=O)(=O)O.O.O=S(=O)(O)O. The molecule has 0 rings (SSSR count). The van der Waals surface area contributed by atoms with Crippen molar-refractivity contribution in [1.82, 2.24) is 0 Å². The molecular formula is C12H30O9S2. The molecule has 23 heavy (non-hydrogen) atoms. The summed E-state index contributed by atoms with van der Waals surface area (Å²) in [5.74, 6) is 0. The van der Waals surface area contributed by atoms with Crippen LogP contribution in [-0.2, 0) is 25.0 Å². The summed E-state index contributed by atoms with van der Waals surface area (Å²) < 4.78 is 64.6. The third kappa shape index (κ3) is 44.9. The van der Waals surface area contributed by atoms with Crippen LogP contribution in [0.15, 0.2) is 0 Å². The predicted octanol–water partition coefficient (Wildman–Crippen LogP) is 2.25. The first-order chi connectivity index (χ1) is 10.1. The van der Waals surface area contributed by atoms with Crippen molar-refractivity contribution in [2.75, 3.05) is 6.61 Å². The van der Waals surface area contributed by atoms with Gasteiger partial charge in [-0.25, -0.2) is 4.18 Å². The van der Waals surface area contributed by atoms with Gasteiger partial charge >= 0.3 is 20.8 Å². The van der Waals surface area contributed by atoms with E-state index in [4.69, 9.17) is 22.1 Å². The molecule has 0 aromatic heterocycles. The molecule has 0 radical (unpaired) electrons. The summed E-state index contributed by atoms with van der Waals surface area (Å²) in [6, 6.07) is 0.